The molecule has 0 radical (unpaired) electrons. The van der Waals surface area contributed by atoms with E-state index in [1.807, 2.05) is 0 Å². The van der Waals surface area contributed by atoms with Gasteiger partial charge in [0, 0.05) is 31.9 Å². The third-order valence-corrected chi connectivity index (χ3v) is 4.16. The van der Waals surface area contributed by atoms with Gasteiger partial charge in [0.25, 0.3) is 0 Å². The van der Waals surface area contributed by atoms with Crippen molar-refractivity contribution in [2.75, 3.05) is 44.3 Å². The lowest BCUT2D eigenvalue weighted by molar-refractivity contribution is -0.0660. The van der Waals surface area contributed by atoms with Crippen LogP contribution in [0.15, 0.2) is 24.3 Å². The first-order valence-electron chi connectivity index (χ1n) is 7.02. The molecular weight excluding hydrogens is 224 g/mol. The summed E-state index contributed by atoms with van der Waals surface area (Å²) in [6, 6.07) is 9.72. The fraction of sp³-hybridized carbons (Fsp3) is 0.600. The van der Waals surface area contributed by atoms with Crippen molar-refractivity contribution >= 4 is 5.69 Å². The summed E-state index contributed by atoms with van der Waals surface area (Å²) in [6.45, 7) is 8.70. The van der Waals surface area contributed by atoms with E-state index in [0.717, 1.165) is 32.7 Å². The lowest BCUT2D eigenvalue weighted by atomic mass is 10.1. The Balaban J connectivity index is 1.57. The monoisotopic (exact) mass is 246 g/mol. The van der Waals surface area contributed by atoms with Gasteiger partial charge in [-0.3, -0.25) is 4.90 Å². The maximum absolute atomic E-state index is 5.27. The number of hydrogen-bond acceptors (Lipinski definition) is 3. The summed E-state index contributed by atoms with van der Waals surface area (Å²) in [4.78, 5) is 5.07. The molecule has 3 nitrogen and oxygen atoms in total. The predicted molar refractivity (Wildman–Crippen MR) is 74.2 cm³/mol. The van der Waals surface area contributed by atoms with Crippen molar-refractivity contribution in [2.24, 2.45) is 0 Å². The molecule has 2 aliphatic rings. The Morgan fingerprint density at radius 1 is 1.06 bits per heavy atom. The highest BCUT2D eigenvalue weighted by Gasteiger charge is 2.28. The number of anilines is 1. The minimum absolute atomic E-state index is 0.689. The molecule has 2 fully saturated rings. The van der Waals surface area contributed by atoms with Crippen LogP contribution in [-0.4, -0.2) is 50.3 Å². The maximum Gasteiger partial charge on any atom is 0.0645 e. The first kappa shape index (κ1) is 12.0. The molecule has 0 amide bonds. The Morgan fingerprint density at radius 2 is 1.72 bits per heavy atom. The average Bonchev–Trinajstić information content (AvgIpc) is 2.38. The molecule has 0 aliphatic carbocycles. The largest absolute Gasteiger partial charge is 0.378 e. The van der Waals surface area contributed by atoms with Gasteiger partial charge in [0.15, 0.2) is 0 Å². The summed E-state index contributed by atoms with van der Waals surface area (Å²) in [5.74, 6) is 0. The lowest BCUT2D eigenvalue weighted by Gasteiger charge is -2.43. The van der Waals surface area contributed by atoms with E-state index in [4.69, 9.17) is 4.74 Å². The van der Waals surface area contributed by atoms with Gasteiger partial charge in [-0.15, -0.1) is 0 Å². The molecule has 2 saturated heterocycles. The zero-order valence-corrected chi connectivity index (χ0v) is 11.1. The number of benzene rings is 1. The number of rotatable bonds is 3. The Kier molecular flexibility index (Phi) is 3.52. The number of nitrogens with zero attached hydrogens (tertiary/aromatic N) is 2. The van der Waals surface area contributed by atoms with E-state index in [-0.39, 0.29) is 0 Å². The zero-order chi connectivity index (χ0) is 12.4. The Hall–Kier alpha value is -1.06. The van der Waals surface area contributed by atoms with Gasteiger partial charge in [0.2, 0.25) is 0 Å². The van der Waals surface area contributed by atoms with Crippen LogP contribution < -0.4 is 4.90 Å². The van der Waals surface area contributed by atoms with Crippen molar-refractivity contribution in [2.45, 2.75) is 19.4 Å². The third-order valence-electron chi connectivity index (χ3n) is 4.16. The van der Waals surface area contributed by atoms with Crippen LogP contribution in [0.1, 0.15) is 12.5 Å². The molecule has 0 spiro atoms. The second-order valence-electron chi connectivity index (χ2n) is 5.23. The van der Waals surface area contributed by atoms with Gasteiger partial charge in [0.05, 0.1) is 19.3 Å². The topological polar surface area (TPSA) is 15.7 Å². The highest BCUT2D eigenvalue weighted by Crippen LogP contribution is 2.19. The fourth-order valence-electron chi connectivity index (χ4n) is 2.72. The fourth-order valence-corrected chi connectivity index (χ4v) is 2.72. The quantitative estimate of drug-likeness (QED) is 0.808. The number of aryl methyl sites for hydroxylation is 1. The van der Waals surface area contributed by atoms with Crippen LogP contribution in [0.5, 0.6) is 0 Å². The molecule has 0 unspecified atom stereocenters. The average molecular weight is 246 g/mol. The summed E-state index contributed by atoms with van der Waals surface area (Å²) in [5.41, 5.74) is 2.79. The van der Waals surface area contributed by atoms with E-state index >= 15 is 0 Å². The van der Waals surface area contributed by atoms with Crippen molar-refractivity contribution in [3.63, 3.8) is 0 Å². The molecular formula is C15H22N2O. The number of piperazine rings is 1. The summed E-state index contributed by atoms with van der Waals surface area (Å²) in [6.07, 6.45) is 1.12. The molecule has 0 saturated carbocycles. The summed E-state index contributed by atoms with van der Waals surface area (Å²) < 4.78 is 5.27. The SMILES string of the molecule is CCc1ccc(N2CCN(C3COC3)CC2)cc1. The van der Waals surface area contributed by atoms with E-state index in [0.29, 0.717) is 6.04 Å². The van der Waals surface area contributed by atoms with Crippen LogP contribution in [0.4, 0.5) is 5.69 Å². The molecule has 0 atom stereocenters. The molecule has 0 bridgehead atoms. The van der Waals surface area contributed by atoms with E-state index < -0.39 is 0 Å². The normalized spacial score (nSPS) is 21.9. The highest BCUT2D eigenvalue weighted by atomic mass is 16.5. The van der Waals surface area contributed by atoms with Gasteiger partial charge in [0.1, 0.15) is 0 Å². The smallest absolute Gasteiger partial charge is 0.0645 e. The van der Waals surface area contributed by atoms with Crippen LogP contribution in [0, 0.1) is 0 Å². The number of hydrogen-bond donors (Lipinski definition) is 0. The molecule has 2 heterocycles. The van der Waals surface area contributed by atoms with E-state index in [9.17, 15) is 0 Å². The first-order chi connectivity index (χ1) is 8.86. The van der Waals surface area contributed by atoms with Gasteiger partial charge < -0.3 is 9.64 Å². The molecule has 18 heavy (non-hydrogen) atoms. The molecule has 98 valence electrons. The van der Waals surface area contributed by atoms with Crippen molar-refractivity contribution in [3.8, 4) is 0 Å². The van der Waals surface area contributed by atoms with Gasteiger partial charge in [-0.2, -0.15) is 0 Å². The Labute approximate surface area is 109 Å². The van der Waals surface area contributed by atoms with Crippen LogP contribution >= 0.6 is 0 Å². The molecule has 1 aromatic carbocycles. The predicted octanol–water partition coefficient (Wildman–Crippen LogP) is 1.77. The summed E-state index contributed by atoms with van der Waals surface area (Å²) in [5, 5.41) is 0. The number of ether oxygens (including phenoxy) is 1. The second-order valence-corrected chi connectivity index (χ2v) is 5.23. The third kappa shape index (κ3) is 2.38. The van der Waals surface area contributed by atoms with Crippen molar-refractivity contribution in [3.05, 3.63) is 29.8 Å². The second kappa shape index (κ2) is 5.29. The van der Waals surface area contributed by atoms with Gasteiger partial charge in [-0.25, -0.2) is 0 Å². The molecule has 0 aromatic heterocycles. The Morgan fingerprint density at radius 3 is 2.22 bits per heavy atom. The summed E-state index contributed by atoms with van der Waals surface area (Å²) in [7, 11) is 0. The van der Waals surface area contributed by atoms with E-state index in [1.54, 1.807) is 0 Å². The van der Waals surface area contributed by atoms with Crippen LogP contribution in [0.3, 0.4) is 0 Å². The Bertz CT molecular complexity index is 378. The lowest BCUT2D eigenvalue weighted by Crippen LogP contribution is -2.56. The van der Waals surface area contributed by atoms with Crippen molar-refractivity contribution in [1.29, 1.82) is 0 Å². The van der Waals surface area contributed by atoms with Crippen molar-refractivity contribution < 1.29 is 4.74 Å². The van der Waals surface area contributed by atoms with Gasteiger partial charge in [-0.1, -0.05) is 19.1 Å². The molecule has 3 rings (SSSR count). The van der Waals surface area contributed by atoms with Gasteiger partial charge in [-0.05, 0) is 24.1 Å². The first-order valence-corrected chi connectivity index (χ1v) is 7.02. The molecule has 0 N–H and O–H groups in total. The molecule has 2 aliphatic heterocycles. The van der Waals surface area contributed by atoms with Crippen LogP contribution in [-0.2, 0) is 11.2 Å². The van der Waals surface area contributed by atoms with E-state index in [1.165, 1.54) is 24.3 Å². The zero-order valence-electron chi connectivity index (χ0n) is 11.1. The highest BCUT2D eigenvalue weighted by molar-refractivity contribution is 5.48. The summed E-state index contributed by atoms with van der Waals surface area (Å²) >= 11 is 0. The standard InChI is InChI=1S/C15H22N2O/c1-2-13-3-5-14(6-4-13)16-7-9-17(10-8-16)15-11-18-12-15/h3-6,15H,2,7-12H2,1H3. The maximum atomic E-state index is 5.27. The van der Waals surface area contributed by atoms with Gasteiger partial charge >= 0.3 is 0 Å². The molecule has 3 heteroatoms. The molecule has 1 aromatic rings. The van der Waals surface area contributed by atoms with Crippen molar-refractivity contribution in [1.82, 2.24) is 4.90 Å². The van der Waals surface area contributed by atoms with Crippen LogP contribution in [0.2, 0.25) is 0 Å². The minimum atomic E-state index is 0.689. The minimum Gasteiger partial charge on any atom is -0.378 e. The van der Waals surface area contributed by atoms with Crippen LogP contribution in [0.25, 0.3) is 0 Å². The van der Waals surface area contributed by atoms with E-state index in [2.05, 4.69) is 41.0 Å².